The molecule has 0 bridgehead atoms. The fourth-order valence-electron chi connectivity index (χ4n) is 2.30. The van der Waals surface area contributed by atoms with Crippen molar-refractivity contribution in [2.45, 2.75) is 25.3 Å². The van der Waals surface area contributed by atoms with Gasteiger partial charge in [-0.1, -0.05) is 11.8 Å². The lowest BCUT2D eigenvalue weighted by Gasteiger charge is -2.34. The van der Waals surface area contributed by atoms with Crippen molar-refractivity contribution in [3.8, 4) is 11.8 Å². The summed E-state index contributed by atoms with van der Waals surface area (Å²) in [7, 11) is 0. The molecule has 3 N–H and O–H groups in total. The van der Waals surface area contributed by atoms with Gasteiger partial charge in [-0.2, -0.15) is 0 Å². The van der Waals surface area contributed by atoms with Crippen LogP contribution in [0.25, 0.3) is 0 Å². The zero-order valence-corrected chi connectivity index (χ0v) is 12.0. The molecule has 1 saturated heterocycles. The molecule has 1 unspecified atom stereocenters. The van der Waals surface area contributed by atoms with Crippen LogP contribution in [0.2, 0.25) is 0 Å². The summed E-state index contributed by atoms with van der Waals surface area (Å²) in [6.45, 7) is 3.26. The summed E-state index contributed by atoms with van der Waals surface area (Å²) in [5.41, 5.74) is 5.40. The molecule has 0 spiro atoms. The number of nitrogens with one attached hydrogen (secondary N) is 1. The zero-order valence-electron chi connectivity index (χ0n) is 12.0. The van der Waals surface area contributed by atoms with Crippen LogP contribution in [0.1, 0.15) is 35.7 Å². The van der Waals surface area contributed by atoms with Gasteiger partial charge in [0.15, 0.2) is 0 Å². The largest absolute Gasteiger partial charge is 0.379 e. The van der Waals surface area contributed by atoms with E-state index in [1.54, 1.807) is 0 Å². The summed E-state index contributed by atoms with van der Waals surface area (Å²) < 4.78 is 19.2. The molecule has 1 atom stereocenters. The first-order valence-electron chi connectivity index (χ1n) is 6.93. The highest BCUT2D eigenvalue weighted by molar-refractivity contribution is 5.95. The predicted octanol–water partition coefficient (Wildman–Crippen LogP) is 1.43. The maximum absolute atomic E-state index is 13.9. The molecule has 2 rings (SSSR count). The number of carbonyl (C=O) groups is 1. The monoisotopic (exact) mass is 290 g/mol. The van der Waals surface area contributed by atoms with Gasteiger partial charge in [0, 0.05) is 12.2 Å². The van der Waals surface area contributed by atoms with E-state index in [1.165, 1.54) is 18.2 Å². The first-order valence-corrected chi connectivity index (χ1v) is 6.93. The Morgan fingerprint density at radius 3 is 3.05 bits per heavy atom. The molecule has 21 heavy (non-hydrogen) atoms. The Labute approximate surface area is 123 Å². The molecule has 0 aromatic heterocycles. The van der Waals surface area contributed by atoms with Crippen molar-refractivity contribution in [3.63, 3.8) is 0 Å². The van der Waals surface area contributed by atoms with Crippen molar-refractivity contribution >= 4 is 5.91 Å². The lowest BCUT2D eigenvalue weighted by Crippen LogP contribution is -2.51. The highest BCUT2D eigenvalue weighted by Crippen LogP contribution is 2.20. The second-order valence-corrected chi connectivity index (χ2v) is 5.37. The summed E-state index contributed by atoms with van der Waals surface area (Å²) in [5.74, 6) is 4.47. The van der Waals surface area contributed by atoms with Gasteiger partial charge in [0.05, 0.1) is 24.3 Å². The average molecular weight is 290 g/mol. The Bertz CT molecular complexity index is 584. The van der Waals surface area contributed by atoms with E-state index in [2.05, 4.69) is 17.2 Å². The predicted molar refractivity (Wildman–Crippen MR) is 78.3 cm³/mol. The van der Waals surface area contributed by atoms with Gasteiger partial charge >= 0.3 is 0 Å². The molecule has 1 aromatic carbocycles. The van der Waals surface area contributed by atoms with Crippen LogP contribution in [-0.2, 0) is 4.74 Å². The standard InChI is InChI=1S/C16H19FN2O2/c1-16(7-3-9-21-11-16)19-15(20)13-10-12(4-2-8-18)5-6-14(13)17/h5-6,10H,3,7-9,11,18H2,1H3,(H,19,20). The number of hydrogen-bond donors (Lipinski definition) is 2. The van der Waals surface area contributed by atoms with Crippen LogP contribution < -0.4 is 11.1 Å². The lowest BCUT2D eigenvalue weighted by atomic mass is 9.94. The molecule has 1 heterocycles. The second kappa shape index (κ2) is 6.70. The molecule has 1 aliphatic heterocycles. The van der Waals surface area contributed by atoms with Crippen LogP contribution in [0.5, 0.6) is 0 Å². The molecule has 1 aliphatic rings. The van der Waals surface area contributed by atoms with Crippen LogP contribution in [0.3, 0.4) is 0 Å². The van der Waals surface area contributed by atoms with Crippen molar-refractivity contribution in [1.82, 2.24) is 5.32 Å². The van der Waals surface area contributed by atoms with Gasteiger partial charge in [-0.25, -0.2) is 4.39 Å². The minimum absolute atomic E-state index is 0.00869. The van der Waals surface area contributed by atoms with Gasteiger partial charge in [-0.15, -0.1) is 0 Å². The summed E-state index contributed by atoms with van der Waals surface area (Å²) >= 11 is 0. The third-order valence-corrected chi connectivity index (χ3v) is 3.40. The minimum Gasteiger partial charge on any atom is -0.379 e. The Morgan fingerprint density at radius 1 is 1.57 bits per heavy atom. The fraction of sp³-hybridized carbons (Fsp3) is 0.438. The molecule has 0 aliphatic carbocycles. The number of rotatable bonds is 2. The van der Waals surface area contributed by atoms with Crippen molar-refractivity contribution in [1.29, 1.82) is 0 Å². The first-order chi connectivity index (χ1) is 10.0. The van der Waals surface area contributed by atoms with Crippen molar-refractivity contribution in [2.75, 3.05) is 19.8 Å². The smallest absolute Gasteiger partial charge is 0.254 e. The summed E-state index contributed by atoms with van der Waals surface area (Å²) in [6.07, 6.45) is 1.69. The quantitative estimate of drug-likeness (QED) is 0.810. The van der Waals surface area contributed by atoms with Crippen LogP contribution >= 0.6 is 0 Å². The van der Waals surface area contributed by atoms with Gasteiger partial charge in [-0.05, 0) is 38.0 Å². The van der Waals surface area contributed by atoms with E-state index in [9.17, 15) is 9.18 Å². The highest BCUT2D eigenvalue weighted by Gasteiger charge is 2.30. The minimum atomic E-state index is -0.564. The summed E-state index contributed by atoms with van der Waals surface area (Å²) in [6, 6.07) is 4.22. The fourth-order valence-corrected chi connectivity index (χ4v) is 2.30. The van der Waals surface area contributed by atoms with Gasteiger partial charge in [-0.3, -0.25) is 4.79 Å². The maximum Gasteiger partial charge on any atom is 0.254 e. The van der Waals surface area contributed by atoms with E-state index in [1.807, 2.05) is 6.92 Å². The zero-order chi connectivity index (χ0) is 15.3. The highest BCUT2D eigenvalue weighted by atomic mass is 19.1. The van der Waals surface area contributed by atoms with Crippen molar-refractivity contribution < 1.29 is 13.9 Å². The lowest BCUT2D eigenvalue weighted by molar-refractivity contribution is 0.0271. The number of amides is 1. The Kier molecular flexibility index (Phi) is 4.94. The van der Waals surface area contributed by atoms with E-state index in [0.29, 0.717) is 18.8 Å². The van der Waals surface area contributed by atoms with E-state index in [-0.39, 0.29) is 12.1 Å². The molecular weight excluding hydrogens is 271 g/mol. The Hall–Kier alpha value is -1.90. The van der Waals surface area contributed by atoms with Crippen LogP contribution in [0, 0.1) is 17.7 Å². The maximum atomic E-state index is 13.9. The van der Waals surface area contributed by atoms with Crippen molar-refractivity contribution in [3.05, 3.63) is 35.1 Å². The number of carbonyl (C=O) groups excluding carboxylic acids is 1. The SMILES string of the molecule is CC1(NC(=O)c2cc(C#CCN)ccc2F)CCCOC1. The molecular formula is C16H19FN2O2. The third kappa shape index (κ3) is 4.03. The first kappa shape index (κ1) is 15.5. The number of ether oxygens (including phenoxy) is 1. The number of halogens is 1. The van der Waals surface area contributed by atoms with Crippen LogP contribution in [0.15, 0.2) is 18.2 Å². The molecule has 1 fully saturated rings. The second-order valence-electron chi connectivity index (χ2n) is 5.37. The molecule has 5 heteroatoms. The average Bonchev–Trinajstić information content (AvgIpc) is 2.46. The van der Waals surface area contributed by atoms with Crippen molar-refractivity contribution in [2.24, 2.45) is 5.73 Å². The number of hydrogen-bond acceptors (Lipinski definition) is 3. The Balaban J connectivity index is 2.18. The van der Waals surface area contributed by atoms with Crippen LogP contribution in [0.4, 0.5) is 4.39 Å². The molecule has 112 valence electrons. The summed E-state index contributed by atoms with van der Waals surface area (Å²) in [4.78, 5) is 12.3. The van der Waals surface area contributed by atoms with E-state index in [0.717, 1.165) is 12.8 Å². The van der Waals surface area contributed by atoms with E-state index in [4.69, 9.17) is 10.5 Å². The molecule has 1 aromatic rings. The van der Waals surface area contributed by atoms with Gasteiger partial charge in [0.25, 0.3) is 5.91 Å². The normalized spacial score (nSPS) is 21.3. The molecule has 0 saturated carbocycles. The Morgan fingerprint density at radius 2 is 2.38 bits per heavy atom. The number of benzene rings is 1. The summed E-state index contributed by atoms with van der Waals surface area (Å²) in [5, 5.41) is 2.86. The topological polar surface area (TPSA) is 64.4 Å². The van der Waals surface area contributed by atoms with Gasteiger partial charge in [0.1, 0.15) is 5.82 Å². The molecule has 0 radical (unpaired) electrons. The molecule has 4 nitrogen and oxygen atoms in total. The van der Waals surface area contributed by atoms with E-state index >= 15 is 0 Å². The number of nitrogens with two attached hydrogens (primary N) is 1. The molecule has 1 amide bonds. The van der Waals surface area contributed by atoms with Gasteiger partial charge < -0.3 is 15.8 Å². The van der Waals surface area contributed by atoms with E-state index < -0.39 is 17.3 Å². The van der Waals surface area contributed by atoms with Crippen LogP contribution in [-0.4, -0.2) is 31.2 Å². The third-order valence-electron chi connectivity index (χ3n) is 3.40. The van der Waals surface area contributed by atoms with Gasteiger partial charge in [0.2, 0.25) is 0 Å².